The van der Waals surface area contributed by atoms with Crippen molar-refractivity contribution in [1.29, 1.82) is 0 Å². The first-order chi connectivity index (χ1) is 13.0. The smallest absolute Gasteiger partial charge is 0.243 e. The molecule has 0 spiro atoms. The minimum Gasteiger partial charge on any atom is -0.376 e. The van der Waals surface area contributed by atoms with Gasteiger partial charge >= 0.3 is 0 Å². The Morgan fingerprint density at radius 1 is 1.29 bits per heavy atom. The molecule has 1 aliphatic heterocycles. The number of carbonyl (C=O) groups excluding carboxylic acids is 1. The summed E-state index contributed by atoms with van der Waals surface area (Å²) in [5.41, 5.74) is 0. The van der Waals surface area contributed by atoms with Crippen LogP contribution in [0.2, 0.25) is 5.02 Å². The Labute approximate surface area is 194 Å². The molecule has 158 valence electrons. The van der Waals surface area contributed by atoms with Crippen molar-refractivity contribution in [3.63, 3.8) is 0 Å². The fraction of sp³-hybridized carbons (Fsp3) is 0.579. The molecular formula is C19H30ClIN4O2S. The van der Waals surface area contributed by atoms with Crippen LogP contribution in [0, 0.1) is 0 Å². The van der Waals surface area contributed by atoms with E-state index in [2.05, 4.69) is 15.6 Å². The Hall–Kier alpha value is -0.710. The van der Waals surface area contributed by atoms with Crippen molar-refractivity contribution in [2.45, 2.75) is 30.3 Å². The molecule has 1 amide bonds. The van der Waals surface area contributed by atoms with Crippen molar-refractivity contribution < 1.29 is 9.53 Å². The van der Waals surface area contributed by atoms with Crippen LogP contribution >= 0.6 is 47.3 Å². The fourth-order valence-corrected chi connectivity index (χ4v) is 3.40. The molecule has 0 aliphatic carbocycles. The van der Waals surface area contributed by atoms with Crippen molar-refractivity contribution in [2.24, 2.45) is 4.99 Å². The van der Waals surface area contributed by atoms with E-state index < -0.39 is 0 Å². The third-order valence-electron chi connectivity index (χ3n) is 4.12. The predicted octanol–water partition coefficient (Wildman–Crippen LogP) is 3.24. The summed E-state index contributed by atoms with van der Waals surface area (Å²) in [6.07, 6.45) is 3.60. The van der Waals surface area contributed by atoms with Crippen molar-refractivity contribution >= 4 is 59.2 Å². The lowest BCUT2D eigenvalue weighted by atomic mass is 10.1. The second-order valence-corrected chi connectivity index (χ2v) is 8.16. The van der Waals surface area contributed by atoms with E-state index in [4.69, 9.17) is 16.3 Å². The number of benzene rings is 1. The van der Waals surface area contributed by atoms with Crippen LogP contribution in [0.1, 0.15) is 19.3 Å². The average Bonchev–Trinajstić information content (AvgIpc) is 2.68. The number of halogens is 2. The number of thioether (sulfide) groups is 1. The summed E-state index contributed by atoms with van der Waals surface area (Å²) in [5.74, 6) is 1.50. The number of guanidine groups is 1. The summed E-state index contributed by atoms with van der Waals surface area (Å²) in [6.45, 7) is 2.38. The number of hydrogen-bond donors (Lipinski definition) is 2. The summed E-state index contributed by atoms with van der Waals surface area (Å²) < 4.78 is 5.75. The quantitative estimate of drug-likeness (QED) is 0.174. The molecule has 6 nitrogen and oxygen atoms in total. The van der Waals surface area contributed by atoms with Gasteiger partial charge in [0.15, 0.2) is 5.96 Å². The Morgan fingerprint density at radius 2 is 2.04 bits per heavy atom. The summed E-state index contributed by atoms with van der Waals surface area (Å²) >= 11 is 7.65. The first-order valence-corrected chi connectivity index (χ1v) is 10.6. The zero-order chi connectivity index (χ0) is 19.5. The third kappa shape index (κ3) is 10.2. The van der Waals surface area contributed by atoms with E-state index >= 15 is 0 Å². The highest BCUT2D eigenvalue weighted by atomic mass is 127. The van der Waals surface area contributed by atoms with Gasteiger partial charge in [-0.1, -0.05) is 11.6 Å². The van der Waals surface area contributed by atoms with Crippen LogP contribution in [0.25, 0.3) is 0 Å². The molecule has 2 rings (SSSR count). The Kier molecular flexibility index (Phi) is 12.9. The van der Waals surface area contributed by atoms with E-state index in [9.17, 15) is 4.79 Å². The van der Waals surface area contributed by atoms with Crippen LogP contribution in [0.15, 0.2) is 34.2 Å². The maximum atomic E-state index is 11.8. The van der Waals surface area contributed by atoms with Gasteiger partial charge in [-0.15, -0.1) is 35.7 Å². The van der Waals surface area contributed by atoms with Gasteiger partial charge in [-0.25, -0.2) is 4.99 Å². The number of rotatable bonds is 8. The molecule has 9 heteroatoms. The van der Waals surface area contributed by atoms with Gasteiger partial charge in [0, 0.05) is 49.5 Å². The standard InChI is InChI=1S/C19H29ClN4O2S.HI/c1-24(2)18(25)14-23-19(22-13-16-5-3-4-11-26-16)21-10-12-27-17-8-6-15(20)7-9-17;/h6-9,16H,3-5,10-14H2,1-2H3,(H2,21,22,23);1H. The summed E-state index contributed by atoms with van der Waals surface area (Å²) in [4.78, 5) is 18.9. The maximum absolute atomic E-state index is 11.8. The largest absolute Gasteiger partial charge is 0.376 e. The van der Waals surface area contributed by atoms with Crippen LogP contribution in [0.5, 0.6) is 0 Å². The van der Waals surface area contributed by atoms with Gasteiger partial charge in [-0.05, 0) is 43.5 Å². The number of nitrogens with zero attached hydrogens (tertiary/aromatic N) is 2. The van der Waals surface area contributed by atoms with E-state index in [1.54, 1.807) is 30.8 Å². The Bertz CT molecular complexity index is 610. The number of hydrogen-bond acceptors (Lipinski definition) is 4. The molecule has 0 saturated carbocycles. The van der Waals surface area contributed by atoms with Gasteiger partial charge in [0.25, 0.3) is 0 Å². The van der Waals surface area contributed by atoms with Gasteiger partial charge in [0.05, 0.1) is 6.10 Å². The van der Waals surface area contributed by atoms with Crippen molar-refractivity contribution in [2.75, 3.05) is 46.1 Å². The monoisotopic (exact) mass is 540 g/mol. The number of carbonyl (C=O) groups is 1. The van der Waals surface area contributed by atoms with Crippen molar-refractivity contribution in [3.8, 4) is 0 Å². The summed E-state index contributed by atoms with van der Waals surface area (Å²) in [6, 6.07) is 7.80. The van der Waals surface area contributed by atoms with Gasteiger partial charge in [0.2, 0.25) is 5.91 Å². The van der Waals surface area contributed by atoms with Crippen LogP contribution in [0.3, 0.4) is 0 Å². The number of ether oxygens (including phenoxy) is 1. The molecule has 0 bridgehead atoms. The Balaban J connectivity index is 0.00000392. The lowest BCUT2D eigenvalue weighted by molar-refractivity contribution is -0.127. The van der Waals surface area contributed by atoms with Crippen LogP contribution < -0.4 is 10.6 Å². The van der Waals surface area contributed by atoms with E-state index in [1.165, 1.54) is 11.3 Å². The lowest BCUT2D eigenvalue weighted by Crippen LogP contribution is -2.43. The molecule has 1 aliphatic rings. The number of likely N-dealkylation sites (N-methyl/N-ethyl adjacent to an activating group) is 1. The minimum atomic E-state index is -0.0273. The van der Waals surface area contributed by atoms with Crippen molar-refractivity contribution in [3.05, 3.63) is 29.3 Å². The topological polar surface area (TPSA) is 66.0 Å². The normalized spacial score (nSPS) is 16.8. The average molecular weight is 541 g/mol. The van der Waals surface area contributed by atoms with Gasteiger partial charge in [0.1, 0.15) is 6.54 Å². The maximum Gasteiger partial charge on any atom is 0.243 e. The number of nitrogens with one attached hydrogen (secondary N) is 2. The van der Waals surface area contributed by atoms with Crippen LogP contribution in [-0.2, 0) is 9.53 Å². The molecule has 28 heavy (non-hydrogen) atoms. The fourth-order valence-electron chi connectivity index (χ4n) is 2.51. The number of aliphatic imine (C=N–C) groups is 1. The van der Waals surface area contributed by atoms with Crippen molar-refractivity contribution in [1.82, 2.24) is 15.5 Å². The molecule has 1 aromatic rings. The third-order valence-corrected chi connectivity index (χ3v) is 5.38. The minimum absolute atomic E-state index is 0. The molecule has 1 atom stereocenters. The van der Waals surface area contributed by atoms with Gasteiger partial charge in [-0.3, -0.25) is 4.79 Å². The highest BCUT2D eigenvalue weighted by Gasteiger charge is 2.14. The molecular weight excluding hydrogens is 511 g/mol. The second kappa shape index (κ2) is 14.3. The highest BCUT2D eigenvalue weighted by Crippen LogP contribution is 2.19. The van der Waals surface area contributed by atoms with E-state index in [1.807, 2.05) is 24.3 Å². The highest BCUT2D eigenvalue weighted by molar-refractivity contribution is 14.0. The molecule has 1 unspecified atom stereocenters. The number of amides is 1. The molecule has 1 saturated heterocycles. The summed E-state index contributed by atoms with van der Waals surface area (Å²) in [5, 5.41) is 7.35. The second-order valence-electron chi connectivity index (χ2n) is 6.55. The zero-order valence-corrected chi connectivity index (χ0v) is 20.4. The van der Waals surface area contributed by atoms with Crippen LogP contribution in [0.4, 0.5) is 0 Å². The molecule has 2 N–H and O–H groups in total. The Morgan fingerprint density at radius 3 is 2.68 bits per heavy atom. The summed E-state index contributed by atoms with van der Waals surface area (Å²) in [7, 11) is 3.47. The molecule has 1 fully saturated rings. The lowest BCUT2D eigenvalue weighted by Gasteiger charge is -2.24. The predicted molar refractivity (Wildman–Crippen MR) is 128 cm³/mol. The van der Waals surface area contributed by atoms with Crippen LogP contribution in [-0.4, -0.2) is 69.0 Å². The van der Waals surface area contributed by atoms with Gasteiger partial charge in [-0.2, -0.15) is 0 Å². The molecule has 0 aromatic heterocycles. The first-order valence-electron chi connectivity index (χ1n) is 9.27. The zero-order valence-electron chi connectivity index (χ0n) is 16.4. The first kappa shape index (κ1) is 25.3. The van der Waals surface area contributed by atoms with E-state index in [0.29, 0.717) is 12.5 Å². The molecule has 1 aromatic carbocycles. The molecule has 1 heterocycles. The van der Waals surface area contributed by atoms with Gasteiger partial charge < -0.3 is 20.3 Å². The molecule has 0 radical (unpaired) electrons. The van der Waals surface area contributed by atoms with E-state index in [0.717, 1.165) is 36.8 Å². The SMILES string of the molecule is CN(C)C(=O)CN=C(NCCSc1ccc(Cl)cc1)NCC1CCCCO1.I. The van der Waals surface area contributed by atoms with E-state index in [-0.39, 0.29) is 42.5 Å².